The van der Waals surface area contributed by atoms with Crippen molar-refractivity contribution in [2.75, 3.05) is 0 Å². The lowest BCUT2D eigenvalue weighted by atomic mass is 9.85. The van der Waals surface area contributed by atoms with E-state index >= 15 is 0 Å². The van der Waals surface area contributed by atoms with Gasteiger partial charge in [0.05, 0.1) is 23.6 Å². The van der Waals surface area contributed by atoms with E-state index in [9.17, 15) is 9.59 Å². The molecule has 0 atom stereocenters. The van der Waals surface area contributed by atoms with E-state index in [0.717, 1.165) is 27.5 Å². The number of carbonyl (C=O) groups is 1. The second kappa shape index (κ2) is 7.69. The molecule has 0 saturated heterocycles. The Morgan fingerprint density at radius 1 is 1.13 bits per heavy atom. The largest absolute Gasteiger partial charge is 0.463 e. The zero-order valence-corrected chi connectivity index (χ0v) is 18.5. The molecule has 0 unspecified atom stereocenters. The van der Waals surface area contributed by atoms with E-state index in [1.807, 2.05) is 32.0 Å². The summed E-state index contributed by atoms with van der Waals surface area (Å²) in [6.07, 6.45) is 5.07. The van der Waals surface area contributed by atoms with Gasteiger partial charge in [-0.2, -0.15) is 0 Å². The van der Waals surface area contributed by atoms with Gasteiger partial charge in [0, 0.05) is 29.9 Å². The van der Waals surface area contributed by atoms with Crippen LogP contribution >= 0.6 is 0 Å². The molecule has 160 valence electrons. The van der Waals surface area contributed by atoms with E-state index in [-0.39, 0.29) is 17.7 Å². The number of amides is 1. The predicted molar refractivity (Wildman–Crippen MR) is 120 cm³/mol. The molecular weight excluding hydrogens is 392 g/mol. The number of fused-ring (bicyclic) bond motifs is 3. The predicted octanol–water partition coefficient (Wildman–Crippen LogP) is 4.71. The molecule has 0 bridgehead atoms. The molecule has 0 aliphatic heterocycles. The fraction of sp³-hybridized carbons (Fsp3) is 0.320. The summed E-state index contributed by atoms with van der Waals surface area (Å²) >= 11 is 0. The summed E-state index contributed by atoms with van der Waals surface area (Å²) in [5, 5.41) is 4.63. The summed E-state index contributed by atoms with van der Waals surface area (Å²) in [7, 11) is 0. The number of benzene rings is 1. The monoisotopic (exact) mass is 418 g/mol. The number of hydrogen-bond acceptors (Lipinski definition) is 5. The Balaban J connectivity index is 1.75. The van der Waals surface area contributed by atoms with Crippen molar-refractivity contribution in [3.63, 3.8) is 0 Å². The molecular formula is C25H26N2O4. The second-order valence-electron chi connectivity index (χ2n) is 8.97. The zero-order chi connectivity index (χ0) is 22.3. The number of nitrogens with zero attached hydrogens (tertiary/aromatic N) is 1. The Morgan fingerprint density at radius 2 is 1.84 bits per heavy atom. The molecule has 3 heterocycles. The molecule has 31 heavy (non-hydrogen) atoms. The van der Waals surface area contributed by atoms with E-state index in [4.69, 9.17) is 8.83 Å². The lowest BCUT2D eigenvalue weighted by Gasteiger charge is -2.17. The molecule has 0 aliphatic rings. The first-order valence-electron chi connectivity index (χ1n) is 10.3. The lowest BCUT2D eigenvalue weighted by Crippen LogP contribution is -2.27. The summed E-state index contributed by atoms with van der Waals surface area (Å²) in [6.45, 7) is 10.6. The van der Waals surface area contributed by atoms with Gasteiger partial charge in [0.2, 0.25) is 5.91 Å². The number of pyridine rings is 1. The number of furan rings is 1. The maximum atomic E-state index is 12.7. The Kier molecular flexibility index (Phi) is 5.17. The minimum Gasteiger partial charge on any atom is -0.463 e. The minimum atomic E-state index is -0.495. The second-order valence-corrected chi connectivity index (χ2v) is 8.97. The first kappa shape index (κ1) is 20.8. The van der Waals surface area contributed by atoms with Crippen molar-refractivity contribution < 1.29 is 13.6 Å². The number of nitrogens with one attached hydrogen (secondary N) is 1. The van der Waals surface area contributed by atoms with Gasteiger partial charge in [0.25, 0.3) is 0 Å². The van der Waals surface area contributed by atoms with Crippen LogP contribution in [-0.4, -0.2) is 10.9 Å². The van der Waals surface area contributed by atoms with Crippen molar-refractivity contribution in [3.05, 3.63) is 75.1 Å². The Bertz CT molecular complexity index is 1340. The topological polar surface area (TPSA) is 85.3 Å². The molecule has 6 nitrogen and oxygen atoms in total. The maximum Gasteiger partial charge on any atom is 0.340 e. The first-order valence-corrected chi connectivity index (χ1v) is 10.3. The molecule has 0 aliphatic carbocycles. The van der Waals surface area contributed by atoms with E-state index in [2.05, 4.69) is 31.1 Å². The number of hydrogen-bond donors (Lipinski definition) is 1. The standard InChI is InChI=1S/C25H26N2O4/c1-14-10-19-22(23-21(14)18(13-30-23)25(3,4)5)15(2)17(24(29)31-19)11-20(28)27-12-16-6-8-26-9-7-16/h6-10,13H,11-12H2,1-5H3,(H,27,28). The fourth-order valence-electron chi connectivity index (χ4n) is 3.97. The smallest absolute Gasteiger partial charge is 0.340 e. The van der Waals surface area contributed by atoms with Gasteiger partial charge in [-0.25, -0.2) is 4.79 Å². The van der Waals surface area contributed by atoms with Gasteiger partial charge in [0.15, 0.2) is 0 Å². The highest BCUT2D eigenvalue weighted by Gasteiger charge is 2.25. The summed E-state index contributed by atoms with van der Waals surface area (Å²) in [6, 6.07) is 5.54. The van der Waals surface area contributed by atoms with Crippen molar-refractivity contribution in [1.29, 1.82) is 0 Å². The molecule has 1 N–H and O–H groups in total. The number of carbonyl (C=O) groups excluding carboxylic acids is 1. The first-order chi connectivity index (χ1) is 14.7. The summed E-state index contributed by atoms with van der Waals surface area (Å²) in [5.41, 5.74) is 4.67. The van der Waals surface area contributed by atoms with Crippen LogP contribution in [0.25, 0.3) is 21.9 Å². The Labute approximate surface area is 180 Å². The van der Waals surface area contributed by atoms with Crippen LogP contribution in [0, 0.1) is 13.8 Å². The van der Waals surface area contributed by atoms with E-state index < -0.39 is 5.63 Å². The van der Waals surface area contributed by atoms with Gasteiger partial charge < -0.3 is 14.2 Å². The number of aryl methyl sites for hydroxylation is 2. The average Bonchev–Trinajstić information content (AvgIpc) is 3.16. The summed E-state index contributed by atoms with van der Waals surface area (Å²) < 4.78 is 11.6. The van der Waals surface area contributed by atoms with Crippen LogP contribution in [-0.2, 0) is 23.2 Å². The van der Waals surface area contributed by atoms with Crippen LogP contribution in [0.3, 0.4) is 0 Å². The van der Waals surface area contributed by atoms with Crippen molar-refractivity contribution in [2.24, 2.45) is 0 Å². The van der Waals surface area contributed by atoms with Gasteiger partial charge in [-0.3, -0.25) is 9.78 Å². The molecule has 0 saturated carbocycles. The highest BCUT2D eigenvalue weighted by Crippen LogP contribution is 2.38. The molecule has 6 heteroatoms. The highest BCUT2D eigenvalue weighted by atomic mass is 16.4. The molecule has 1 amide bonds. The van der Waals surface area contributed by atoms with Crippen molar-refractivity contribution >= 4 is 27.8 Å². The number of aromatic nitrogens is 1. The third kappa shape index (κ3) is 3.85. The average molecular weight is 418 g/mol. The van der Waals surface area contributed by atoms with Crippen LogP contribution in [0.1, 0.15) is 48.6 Å². The zero-order valence-electron chi connectivity index (χ0n) is 18.5. The van der Waals surface area contributed by atoms with Crippen LogP contribution in [0.2, 0.25) is 0 Å². The summed E-state index contributed by atoms with van der Waals surface area (Å²) in [4.78, 5) is 29.2. The molecule has 4 aromatic rings. The van der Waals surface area contributed by atoms with Crippen LogP contribution < -0.4 is 10.9 Å². The Morgan fingerprint density at radius 3 is 2.52 bits per heavy atom. The minimum absolute atomic E-state index is 0.0581. The van der Waals surface area contributed by atoms with Gasteiger partial charge in [-0.15, -0.1) is 0 Å². The van der Waals surface area contributed by atoms with Crippen molar-refractivity contribution in [1.82, 2.24) is 10.3 Å². The highest BCUT2D eigenvalue weighted by molar-refractivity contribution is 6.07. The van der Waals surface area contributed by atoms with Crippen LogP contribution in [0.4, 0.5) is 0 Å². The molecule has 1 aromatic carbocycles. The van der Waals surface area contributed by atoms with Crippen molar-refractivity contribution in [3.8, 4) is 0 Å². The van der Waals surface area contributed by atoms with Gasteiger partial charge in [0.1, 0.15) is 11.2 Å². The molecule has 3 aromatic heterocycles. The van der Waals surface area contributed by atoms with E-state index in [0.29, 0.717) is 28.8 Å². The Hall–Kier alpha value is -3.41. The van der Waals surface area contributed by atoms with E-state index in [1.54, 1.807) is 18.7 Å². The molecule has 0 radical (unpaired) electrons. The fourth-order valence-corrected chi connectivity index (χ4v) is 3.97. The lowest BCUT2D eigenvalue weighted by molar-refractivity contribution is -0.120. The van der Waals surface area contributed by atoms with Gasteiger partial charge in [-0.05, 0) is 54.2 Å². The van der Waals surface area contributed by atoms with Gasteiger partial charge >= 0.3 is 5.63 Å². The SMILES string of the molecule is Cc1cc2oc(=O)c(CC(=O)NCc3ccncc3)c(C)c2c2occ(C(C)(C)C)c12. The summed E-state index contributed by atoms with van der Waals surface area (Å²) in [5.74, 6) is -0.246. The van der Waals surface area contributed by atoms with E-state index in [1.165, 1.54) is 0 Å². The quantitative estimate of drug-likeness (QED) is 0.485. The van der Waals surface area contributed by atoms with Crippen LogP contribution in [0.5, 0.6) is 0 Å². The van der Waals surface area contributed by atoms with Crippen molar-refractivity contribution in [2.45, 2.75) is 53.0 Å². The van der Waals surface area contributed by atoms with Crippen LogP contribution in [0.15, 0.2) is 50.5 Å². The maximum absolute atomic E-state index is 12.7. The molecule has 0 fully saturated rings. The third-order valence-corrected chi connectivity index (χ3v) is 5.67. The third-order valence-electron chi connectivity index (χ3n) is 5.67. The van der Waals surface area contributed by atoms with Gasteiger partial charge in [-0.1, -0.05) is 20.8 Å². The molecule has 0 spiro atoms. The molecule has 4 rings (SSSR count). The normalized spacial score (nSPS) is 11.9. The number of rotatable bonds is 4.